The molecule has 2 aromatic carbocycles. The highest BCUT2D eigenvalue weighted by molar-refractivity contribution is 6.30. The molecule has 0 aliphatic carbocycles. The maximum absolute atomic E-state index is 11.3. The van der Waals surface area contributed by atoms with Crippen molar-refractivity contribution < 1.29 is 38.1 Å². The molecule has 178 valence electrons. The topological polar surface area (TPSA) is 119 Å². The molecule has 0 aliphatic heterocycles. The van der Waals surface area contributed by atoms with E-state index in [1.54, 1.807) is 36.4 Å². The van der Waals surface area contributed by atoms with E-state index in [9.17, 15) is 28.2 Å². The van der Waals surface area contributed by atoms with E-state index in [4.69, 9.17) is 29.3 Å². The Labute approximate surface area is 195 Å². The van der Waals surface area contributed by atoms with Gasteiger partial charge in [-0.2, -0.15) is 13.2 Å². The quantitative estimate of drug-likeness (QED) is 0.348. The average Bonchev–Trinajstić information content (AvgIpc) is 2.77. The summed E-state index contributed by atoms with van der Waals surface area (Å²) in [5, 5.41) is 33.4. The van der Waals surface area contributed by atoms with Crippen LogP contribution in [-0.2, 0) is 16.0 Å². The molecule has 0 spiro atoms. The van der Waals surface area contributed by atoms with E-state index < -0.39 is 18.2 Å². The Morgan fingerprint density at radius 2 is 1.73 bits per heavy atom. The van der Waals surface area contributed by atoms with Gasteiger partial charge in [0.05, 0.1) is 20.6 Å². The highest BCUT2D eigenvalue weighted by Gasteiger charge is 2.38. The van der Waals surface area contributed by atoms with Gasteiger partial charge < -0.3 is 26.0 Å². The number of halogens is 4. The van der Waals surface area contributed by atoms with Crippen LogP contribution in [0.15, 0.2) is 48.5 Å². The predicted molar refractivity (Wildman–Crippen MR) is 118 cm³/mol. The normalized spacial score (nSPS) is 12.8. The number of nitrogens with one attached hydrogen (secondary N) is 2. The van der Waals surface area contributed by atoms with Gasteiger partial charge in [-0.15, -0.1) is 0 Å². The second-order valence-corrected chi connectivity index (χ2v) is 7.25. The molecule has 7 nitrogen and oxygen atoms in total. The number of carbonyl (C=O) groups is 2. The maximum Gasteiger partial charge on any atom is 0.490 e. The predicted octanol–water partition coefficient (Wildman–Crippen LogP) is 2.73. The molecule has 0 saturated carbocycles. The van der Waals surface area contributed by atoms with Crippen molar-refractivity contribution >= 4 is 37.0 Å². The Hall–Kier alpha value is -2.60. The highest BCUT2D eigenvalue weighted by atomic mass is 35.5. The van der Waals surface area contributed by atoms with Crippen LogP contribution in [0.1, 0.15) is 17.2 Å². The van der Waals surface area contributed by atoms with E-state index in [2.05, 4.69) is 10.6 Å². The molecule has 0 bridgehead atoms. The van der Waals surface area contributed by atoms with Crippen molar-refractivity contribution in [2.75, 3.05) is 18.5 Å². The summed E-state index contributed by atoms with van der Waals surface area (Å²) in [7, 11) is 5.27. The van der Waals surface area contributed by atoms with Crippen LogP contribution in [0.2, 0.25) is 11.3 Å². The fraction of sp³-hybridized carbons (Fsp3) is 0.333. The molecule has 0 saturated heterocycles. The van der Waals surface area contributed by atoms with Crippen LogP contribution >= 0.6 is 11.6 Å². The molecule has 12 heteroatoms. The number of carbonyl (C=O) groups excluding carboxylic acids is 1. The van der Waals surface area contributed by atoms with E-state index in [0.29, 0.717) is 23.7 Å². The molecule has 33 heavy (non-hydrogen) atoms. The molecular weight excluding hydrogens is 463 g/mol. The average molecular weight is 487 g/mol. The molecule has 0 heterocycles. The Bertz CT molecular complexity index is 900. The van der Waals surface area contributed by atoms with Crippen LogP contribution in [0.3, 0.4) is 0 Å². The lowest BCUT2D eigenvalue weighted by Crippen LogP contribution is -2.37. The standard InChI is InChI=1S/C19H22BClN2O3.C2HF3O2/c20-10-19(26)23-16-6-4-13(5-7-16)8-17(12-24)22-11-18(25)14-2-1-3-15(21)9-14;3-2(4,5)1(6)7/h1-7,9,17-18,22,24-25H,8,10-12H2,(H,23,26);(H,6,7)/t17-,18-;/m0./s1. The fourth-order valence-electron chi connectivity index (χ4n) is 2.53. The summed E-state index contributed by atoms with van der Waals surface area (Å²) in [6.07, 6.45) is -5.27. The molecule has 2 aromatic rings. The van der Waals surface area contributed by atoms with Crippen LogP contribution in [-0.4, -0.2) is 60.4 Å². The lowest BCUT2D eigenvalue weighted by Gasteiger charge is -2.19. The largest absolute Gasteiger partial charge is 0.490 e. The summed E-state index contributed by atoms with van der Waals surface area (Å²) in [5.41, 5.74) is 2.40. The second kappa shape index (κ2) is 13.8. The molecule has 0 aromatic heterocycles. The maximum atomic E-state index is 11.3. The summed E-state index contributed by atoms with van der Waals surface area (Å²) in [4.78, 5) is 20.2. The van der Waals surface area contributed by atoms with E-state index in [-0.39, 0.29) is 24.9 Å². The molecule has 2 rings (SSSR count). The molecule has 0 fully saturated rings. The van der Waals surface area contributed by atoms with Crippen LogP contribution < -0.4 is 10.6 Å². The number of amides is 1. The summed E-state index contributed by atoms with van der Waals surface area (Å²) >= 11 is 5.94. The molecule has 5 N–H and O–H groups in total. The number of hydrogen-bond donors (Lipinski definition) is 5. The minimum atomic E-state index is -5.08. The van der Waals surface area contributed by atoms with E-state index >= 15 is 0 Å². The van der Waals surface area contributed by atoms with Gasteiger partial charge in [0.15, 0.2) is 0 Å². The van der Waals surface area contributed by atoms with E-state index in [1.807, 2.05) is 12.1 Å². The third-order valence-corrected chi connectivity index (χ3v) is 4.44. The first-order valence-electron chi connectivity index (χ1n) is 9.63. The van der Waals surface area contributed by atoms with Crippen LogP contribution in [0.25, 0.3) is 0 Å². The molecule has 0 unspecified atom stereocenters. The number of benzene rings is 2. The van der Waals surface area contributed by atoms with Gasteiger partial charge in [-0.05, 0) is 48.1 Å². The van der Waals surface area contributed by atoms with Gasteiger partial charge in [-0.1, -0.05) is 35.9 Å². The number of alkyl halides is 3. The first-order valence-corrected chi connectivity index (χ1v) is 10.0. The van der Waals surface area contributed by atoms with Gasteiger partial charge >= 0.3 is 12.1 Å². The number of aliphatic carboxylic acids is 1. The number of aliphatic hydroxyl groups is 2. The van der Waals surface area contributed by atoms with Crippen molar-refractivity contribution in [1.82, 2.24) is 5.32 Å². The molecular formula is C21H23BClF3N2O5. The van der Waals surface area contributed by atoms with Gasteiger partial charge in [-0.25, -0.2) is 4.79 Å². The molecule has 0 aliphatic rings. The minimum Gasteiger partial charge on any atom is -0.475 e. The fourth-order valence-corrected chi connectivity index (χ4v) is 2.73. The van der Waals surface area contributed by atoms with E-state index in [1.165, 1.54) is 0 Å². The summed E-state index contributed by atoms with van der Waals surface area (Å²) in [5.74, 6) is -3.00. The molecule has 2 radical (unpaired) electrons. The SMILES string of the molecule is O=C(O)C(F)(F)F.[B]CC(=O)Nc1ccc(C[C@@H](CO)NC[C@H](O)c2cccc(Cl)c2)cc1. The number of carboxylic acid groups (broad SMARTS) is 1. The van der Waals surface area contributed by atoms with Crippen molar-refractivity contribution in [1.29, 1.82) is 0 Å². The number of hydrogen-bond acceptors (Lipinski definition) is 5. The first kappa shape index (κ1) is 28.4. The Morgan fingerprint density at radius 1 is 1.12 bits per heavy atom. The number of anilines is 1. The van der Waals surface area contributed by atoms with Crippen LogP contribution in [0, 0.1) is 0 Å². The number of rotatable bonds is 9. The van der Waals surface area contributed by atoms with Gasteiger partial charge in [-0.3, -0.25) is 4.79 Å². The zero-order valence-electron chi connectivity index (χ0n) is 17.3. The Morgan fingerprint density at radius 3 is 2.21 bits per heavy atom. The lowest BCUT2D eigenvalue weighted by atomic mass is 10.0. The van der Waals surface area contributed by atoms with Gasteiger partial charge in [0.1, 0.15) is 0 Å². The van der Waals surface area contributed by atoms with Gasteiger partial charge in [0.25, 0.3) is 0 Å². The van der Waals surface area contributed by atoms with Crippen molar-refractivity contribution in [3.8, 4) is 0 Å². The summed E-state index contributed by atoms with van der Waals surface area (Å²) in [6, 6.07) is 14.2. The Kier molecular flexibility index (Phi) is 11.9. The van der Waals surface area contributed by atoms with Crippen LogP contribution in [0.5, 0.6) is 0 Å². The summed E-state index contributed by atoms with van der Waals surface area (Å²) in [6.45, 7) is 0.240. The van der Waals surface area contributed by atoms with Crippen molar-refractivity contribution in [2.45, 2.75) is 31.1 Å². The van der Waals surface area contributed by atoms with Crippen molar-refractivity contribution in [3.05, 3.63) is 64.7 Å². The second-order valence-electron chi connectivity index (χ2n) is 6.81. The molecule has 1 amide bonds. The smallest absolute Gasteiger partial charge is 0.475 e. The van der Waals surface area contributed by atoms with Crippen molar-refractivity contribution in [2.24, 2.45) is 0 Å². The summed E-state index contributed by atoms with van der Waals surface area (Å²) < 4.78 is 31.7. The van der Waals surface area contributed by atoms with Gasteiger partial charge in [0.2, 0.25) is 5.91 Å². The Balaban J connectivity index is 0.000000675. The van der Waals surface area contributed by atoms with Crippen LogP contribution in [0.4, 0.5) is 18.9 Å². The molecule has 2 atom stereocenters. The zero-order valence-corrected chi connectivity index (χ0v) is 18.1. The van der Waals surface area contributed by atoms with Crippen molar-refractivity contribution in [3.63, 3.8) is 0 Å². The third-order valence-electron chi connectivity index (χ3n) is 4.20. The monoisotopic (exact) mass is 486 g/mol. The third kappa shape index (κ3) is 11.2. The first-order chi connectivity index (χ1) is 15.5. The zero-order chi connectivity index (χ0) is 25.0. The minimum absolute atomic E-state index is 0.0616. The van der Waals surface area contributed by atoms with E-state index in [0.717, 1.165) is 11.1 Å². The van der Waals surface area contributed by atoms with Gasteiger partial charge in [0, 0.05) is 23.3 Å². The number of carboxylic acids is 1. The lowest BCUT2D eigenvalue weighted by molar-refractivity contribution is -0.192. The highest BCUT2D eigenvalue weighted by Crippen LogP contribution is 2.18. The number of aliphatic hydroxyl groups excluding tert-OH is 2.